The van der Waals surface area contributed by atoms with Gasteiger partial charge in [0, 0.05) is 12.1 Å². The Bertz CT molecular complexity index is 1390. The van der Waals surface area contributed by atoms with E-state index in [2.05, 4.69) is 15.3 Å². The molecule has 9 heteroatoms. The molecule has 0 saturated carbocycles. The fourth-order valence-electron chi connectivity index (χ4n) is 3.33. The number of phenols is 1. The molecule has 0 unspecified atom stereocenters. The first-order valence-electron chi connectivity index (χ1n) is 9.61. The predicted octanol–water partition coefficient (Wildman–Crippen LogP) is 1.98. The number of phenolic OH excluding ortho intramolecular Hbond substituents is 1. The van der Waals surface area contributed by atoms with E-state index in [4.69, 9.17) is 0 Å². The van der Waals surface area contributed by atoms with Gasteiger partial charge < -0.3 is 10.4 Å². The molecule has 0 bridgehead atoms. The van der Waals surface area contributed by atoms with Gasteiger partial charge in [-0.3, -0.25) is 18.7 Å². The van der Waals surface area contributed by atoms with Crippen LogP contribution in [0, 0.1) is 0 Å². The van der Waals surface area contributed by atoms with Gasteiger partial charge in [0.1, 0.15) is 12.3 Å². The molecule has 2 N–H and O–H groups in total. The zero-order chi connectivity index (χ0) is 22.0. The number of para-hydroxylation sites is 1. The Morgan fingerprint density at radius 2 is 1.77 bits per heavy atom. The highest BCUT2D eigenvalue weighted by Crippen LogP contribution is 2.20. The highest BCUT2D eigenvalue weighted by Gasteiger charge is 2.14. The molecule has 0 aliphatic heterocycles. The van der Waals surface area contributed by atoms with E-state index in [1.165, 1.54) is 23.0 Å². The SMILES string of the molecule is CCn1c(=O)c2ccccc2n(CC(=O)Nc2cnc(-c3cccc(O)c3)nc2)c1=O. The van der Waals surface area contributed by atoms with E-state index < -0.39 is 11.6 Å². The zero-order valence-electron chi connectivity index (χ0n) is 16.6. The van der Waals surface area contributed by atoms with E-state index >= 15 is 0 Å². The monoisotopic (exact) mass is 417 g/mol. The zero-order valence-corrected chi connectivity index (χ0v) is 16.6. The summed E-state index contributed by atoms with van der Waals surface area (Å²) in [7, 11) is 0. The third kappa shape index (κ3) is 3.93. The number of nitrogens with zero attached hydrogens (tertiary/aromatic N) is 4. The van der Waals surface area contributed by atoms with Crippen LogP contribution < -0.4 is 16.6 Å². The van der Waals surface area contributed by atoms with E-state index in [1.54, 1.807) is 49.4 Å². The number of hydrogen-bond acceptors (Lipinski definition) is 6. The van der Waals surface area contributed by atoms with Crippen molar-refractivity contribution in [3.05, 3.63) is 81.8 Å². The van der Waals surface area contributed by atoms with Crippen LogP contribution in [0.2, 0.25) is 0 Å². The maximum atomic E-state index is 12.8. The van der Waals surface area contributed by atoms with Crippen LogP contribution in [0.5, 0.6) is 5.75 Å². The topological polar surface area (TPSA) is 119 Å². The Balaban J connectivity index is 1.59. The fraction of sp³-hybridized carbons (Fsp3) is 0.136. The van der Waals surface area contributed by atoms with Crippen LogP contribution >= 0.6 is 0 Å². The molecule has 156 valence electrons. The molecule has 0 atom stereocenters. The summed E-state index contributed by atoms with van der Waals surface area (Å²) in [6, 6.07) is 13.2. The lowest BCUT2D eigenvalue weighted by atomic mass is 10.2. The number of carbonyl (C=O) groups excluding carboxylic acids is 1. The van der Waals surface area contributed by atoms with Crippen molar-refractivity contribution in [3.8, 4) is 17.1 Å². The summed E-state index contributed by atoms with van der Waals surface area (Å²) in [5.74, 6) is 0.0398. The molecule has 4 rings (SSSR count). The number of fused-ring (bicyclic) bond motifs is 1. The summed E-state index contributed by atoms with van der Waals surface area (Å²) < 4.78 is 2.38. The summed E-state index contributed by atoms with van der Waals surface area (Å²) in [4.78, 5) is 46.3. The molecule has 2 heterocycles. The maximum Gasteiger partial charge on any atom is 0.331 e. The number of anilines is 1. The summed E-state index contributed by atoms with van der Waals surface area (Å²) >= 11 is 0. The number of carbonyl (C=O) groups is 1. The van der Waals surface area contributed by atoms with E-state index in [0.29, 0.717) is 28.0 Å². The van der Waals surface area contributed by atoms with Gasteiger partial charge in [0.2, 0.25) is 5.91 Å². The molecule has 31 heavy (non-hydrogen) atoms. The van der Waals surface area contributed by atoms with Gasteiger partial charge in [0.05, 0.1) is 29.0 Å². The normalized spacial score (nSPS) is 10.9. The first-order valence-corrected chi connectivity index (χ1v) is 9.61. The molecular weight excluding hydrogens is 398 g/mol. The third-order valence-corrected chi connectivity index (χ3v) is 4.79. The molecule has 9 nitrogen and oxygen atoms in total. The van der Waals surface area contributed by atoms with Crippen LogP contribution in [0.3, 0.4) is 0 Å². The van der Waals surface area contributed by atoms with Crippen molar-refractivity contribution >= 4 is 22.5 Å². The molecular formula is C22H19N5O4. The van der Waals surface area contributed by atoms with Gasteiger partial charge in [0.15, 0.2) is 5.82 Å². The number of aromatic nitrogens is 4. The minimum atomic E-state index is -0.545. The average Bonchev–Trinajstić information content (AvgIpc) is 2.77. The van der Waals surface area contributed by atoms with Crippen molar-refractivity contribution < 1.29 is 9.90 Å². The second-order valence-electron chi connectivity index (χ2n) is 6.83. The van der Waals surface area contributed by atoms with E-state index in [0.717, 1.165) is 4.57 Å². The van der Waals surface area contributed by atoms with Crippen LogP contribution in [0.25, 0.3) is 22.3 Å². The van der Waals surface area contributed by atoms with Crippen LogP contribution in [0.1, 0.15) is 6.92 Å². The van der Waals surface area contributed by atoms with Crippen LogP contribution in [0.15, 0.2) is 70.5 Å². The Hall–Kier alpha value is -4.27. The van der Waals surface area contributed by atoms with Crippen molar-refractivity contribution in [2.24, 2.45) is 0 Å². The highest BCUT2D eigenvalue weighted by molar-refractivity contribution is 5.91. The van der Waals surface area contributed by atoms with Gasteiger partial charge in [-0.05, 0) is 31.2 Å². The van der Waals surface area contributed by atoms with Crippen molar-refractivity contribution in [1.82, 2.24) is 19.1 Å². The van der Waals surface area contributed by atoms with E-state index in [1.807, 2.05) is 0 Å². The summed E-state index contributed by atoms with van der Waals surface area (Å²) in [6.45, 7) is 1.63. The van der Waals surface area contributed by atoms with E-state index in [-0.39, 0.29) is 24.4 Å². The minimum absolute atomic E-state index is 0.101. The lowest BCUT2D eigenvalue weighted by Gasteiger charge is -2.13. The van der Waals surface area contributed by atoms with Crippen molar-refractivity contribution in [3.63, 3.8) is 0 Å². The van der Waals surface area contributed by atoms with Crippen molar-refractivity contribution in [1.29, 1.82) is 0 Å². The Kier molecular flexibility index (Phi) is 5.31. The lowest BCUT2D eigenvalue weighted by molar-refractivity contribution is -0.116. The largest absolute Gasteiger partial charge is 0.508 e. The lowest BCUT2D eigenvalue weighted by Crippen LogP contribution is -2.41. The van der Waals surface area contributed by atoms with Gasteiger partial charge in [-0.15, -0.1) is 0 Å². The quantitative estimate of drug-likeness (QED) is 0.513. The molecule has 1 amide bonds. The van der Waals surface area contributed by atoms with Crippen LogP contribution in [-0.2, 0) is 17.9 Å². The van der Waals surface area contributed by atoms with Gasteiger partial charge in [-0.2, -0.15) is 0 Å². The highest BCUT2D eigenvalue weighted by atomic mass is 16.3. The molecule has 0 aliphatic rings. The van der Waals surface area contributed by atoms with Crippen LogP contribution in [-0.4, -0.2) is 30.1 Å². The van der Waals surface area contributed by atoms with Crippen molar-refractivity contribution in [2.75, 3.05) is 5.32 Å². The second kappa shape index (κ2) is 8.23. The maximum absolute atomic E-state index is 12.8. The standard InChI is InChI=1S/C22H19N5O4/c1-2-26-21(30)17-8-3-4-9-18(17)27(22(26)31)13-19(29)25-15-11-23-20(24-12-15)14-6-5-7-16(28)10-14/h3-12,28H,2,13H2,1H3,(H,25,29). The smallest absolute Gasteiger partial charge is 0.331 e. The molecule has 0 fully saturated rings. The number of benzene rings is 2. The van der Waals surface area contributed by atoms with E-state index in [9.17, 15) is 19.5 Å². The summed E-state index contributed by atoms with van der Waals surface area (Å²) in [5, 5.41) is 12.6. The third-order valence-electron chi connectivity index (χ3n) is 4.79. The second-order valence-corrected chi connectivity index (χ2v) is 6.83. The Labute approximate surface area is 176 Å². The summed E-state index contributed by atoms with van der Waals surface area (Å²) in [6.07, 6.45) is 2.89. The average molecular weight is 417 g/mol. The Morgan fingerprint density at radius 3 is 2.48 bits per heavy atom. The molecule has 2 aromatic carbocycles. The number of nitrogens with one attached hydrogen (secondary N) is 1. The molecule has 2 aromatic heterocycles. The molecule has 0 aliphatic carbocycles. The van der Waals surface area contributed by atoms with Gasteiger partial charge >= 0.3 is 5.69 Å². The van der Waals surface area contributed by atoms with Gasteiger partial charge in [-0.1, -0.05) is 24.3 Å². The first kappa shape index (κ1) is 20.0. The number of aromatic hydroxyl groups is 1. The van der Waals surface area contributed by atoms with Gasteiger partial charge in [-0.25, -0.2) is 14.8 Å². The fourth-order valence-corrected chi connectivity index (χ4v) is 3.33. The molecule has 4 aromatic rings. The van der Waals surface area contributed by atoms with Crippen LogP contribution in [0.4, 0.5) is 5.69 Å². The molecule has 0 saturated heterocycles. The number of amides is 1. The molecule has 0 radical (unpaired) electrons. The first-order chi connectivity index (χ1) is 15.0. The predicted molar refractivity (Wildman–Crippen MR) is 116 cm³/mol. The molecule has 0 spiro atoms. The Morgan fingerprint density at radius 1 is 1.03 bits per heavy atom. The number of rotatable bonds is 5. The number of hydrogen-bond donors (Lipinski definition) is 2. The summed E-state index contributed by atoms with van der Waals surface area (Å²) in [5.41, 5.74) is 0.466. The van der Waals surface area contributed by atoms with Gasteiger partial charge in [0.25, 0.3) is 5.56 Å². The van der Waals surface area contributed by atoms with Crippen molar-refractivity contribution in [2.45, 2.75) is 20.0 Å². The minimum Gasteiger partial charge on any atom is -0.508 e.